The smallest absolute Gasteiger partial charge is 0.255 e. The van der Waals surface area contributed by atoms with Crippen molar-refractivity contribution in [3.63, 3.8) is 0 Å². The van der Waals surface area contributed by atoms with Crippen LogP contribution in [0.1, 0.15) is 10.4 Å². The number of amides is 2. The predicted molar refractivity (Wildman–Crippen MR) is 114 cm³/mol. The molecule has 0 bridgehead atoms. The predicted octanol–water partition coefficient (Wildman–Crippen LogP) is 4.84. The number of benzene rings is 2. The summed E-state index contributed by atoms with van der Waals surface area (Å²) in [7, 11) is 0. The zero-order valence-electron chi connectivity index (χ0n) is 15.0. The van der Waals surface area contributed by atoms with E-state index in [0.717, 1.165) is 6.07 Å². The highest BCUT2D eigenvalue weighted by atomic mass is 35.5. The lowest BCUT2D eigenvalue weighted by Crippen LogP contribution is -2.50. The molecule has 0 radical (unpaired) electrons. The lowest BCUT2D eigenvalue weighted by atomic mass is 10.1. The van der Waals surface area contributed by atoms with Crippen molar-refractivity contribution in [1.29, 1.82) is 0 Å². The van der Waals surface area contributed by atoms with E-state index in [9.17, 15) is 14.0 Å². The molecule has 1 N–H and O–H groups in total. The molecule has 2 aromatic carbocycles. The zero-order valence-corrected chi connectivity index (χ0v) is 18.0. The number of carbonyl (C=O) groups is 2. The van der Waals surface area contributed by atoms with Gasteiger partial charge in [0.05, 0.1) is 32.9 Å². The lowest BCUT2D eigenvalue weighted by molar-refractivity contribution is -0.117. The van der Waals surface area contributed by atoms with Crippen molar-refractivity contribution >= 4 is 63.9 Å². The minimum Gasteiger partial charge on any atom is -0.336 e. The van der Waals surface area contributed by atoms with Crippen LogP contribution in [0.5, 0.6) is 0 Å². The largest absolute Gasteiger partial charge is 0.336 e. The molecular weight excluding hydrogens is 463 g/mol. The van der Waals surface area contributed by atoms with E-state index >= 15 is 0 Å². The first-order valence-electron chi connectivity index (χ1n) is 8.65. The van der Waals surface area contributed by atoms with Gasteiger partial charge >= 0.3 is 0 Å². The van der Waals surface area contributed by atoms with Crippen LogP contribution in [0.2, 0.25) is 20.1 Å². The average Bonchev–Trinajstić information content (AvgIpc) is 2.65. The van der Waals surface area contributed by atoms with Crippen LogP contribution in [0.3, 0.4) is 0 Å². The number of piperazine rings is 1. The molecule has 1 heterocycles. The molecule has 0 aliphatic carbocycles. The maximum atomic E-state index is 13.2. The normalized spacial score (nSPS) is 14.7. The Labute approximate surface area is 187 Å². The van der Waals surface area contributed by atoms with E-state index in [1.165, 1.54) is 24.3 Å². The highest BCUT2D eigenvalue weighted by Crippen LogP contribution is 2.33. The Balaban J connectivity index is 1.54. The summed E-state index contributed by atoms with van der Waals surface area (Å²) in [5, 5.41) is 3.65. The zero-order chi connectivity index (χ0) is 21.1. The molecule has 1 aliphatic rings. The Bertz CT molecular complexity index is 926. The molecule has 0 atom stereocenters. The first-order chi connectivity index (χ1) is 13.7. The fourth-order valence-electron chi connectivity index (χ4n) is 2.99. The molecule has 2 amide bonds. The second kappa shape index (κ2) is 9.49. The number of anilines is 1. The molecule has 0 unspecified atom stereocenters. The van der Waals surface area contributed by atoms with Crippen molar-refractivity contribution in [3.8, 4) is 0 Å². The minimum atomic E-state index is -0.497. The maximum Gasteiger partial charge on any atom is 0.255 e. The van der Waals surface area contributed by atoms with Crippen LogP contribution >= 0.6 is 46.4 Å². The van der Waals surface area contributed by atoms with E-state index in [1.54, 1.807) is 4.90 Å². The van der Waals surface area contributed by atoms with Gasteiger partial charge in [0, 0.05) is 31.2 Å². The van der Waals surface area contributed by atoms with E-state index < -0.39 is 5.82 Å². The summed E-state index contributed by atoms with van der Waals surface area (Å²) < 4.78 is 13.2. The molecule has 0 saturated carbocycles. The fraction of sp³-hybridized carbons (Fsp3) is 0.263. The van der Waals surface area contributed by atoms with Gasteiger partial charge in [-0.05, 0) is 30.3 Å². The van der Waals surface area contributed by atoms with E-state index in [2.05, 4.69) is 5.32 Å². The first kappa shape index (κ1) is 22.1. The van der Waals surface area contributed by atoms with Crippen LogP contribution in [0.4, 0.5) is 10.1 Å². The molecule has 1 aliphatic heterocycles. The monoisotopic (exact) mass is 477 g/mol. The highest BCUT2D eigenvalue weighted by Gasteiger charge is 2.25. The average molecular weight is 479 g/mol. The summed E-state index contributed by atoms with van der Waals surface area (Å²) in [4.78, 5) is 28.5. The van der Waals surface area contributed by atoms with Crippen LogP contribution in [0, 0.1) is 5.82 Å². The SMILES string of the molecule is O=C(CN1CCN(C(=O)c2ccc(F)cc2Cl)CC1)Nc1c(Cl)cc(Cl)cc1Cl. The number of carbonyl (C=O) groups excluding carboxylic acids is 2. The van der Waals surface area contributed by atoms with Gasteiger partial charge in [0.15, 0.2) is 0 Å². The molecule has 0 spiro atoms. The van der Waals surface area contributed by atoms with Crippen LogP contribution in [0.15, 0.2) is 30.3 Å². The highest BCUT2D eigenvalue weighted by molar-refractivity contribution is 6.42. The standard InChI is InChI=1S/C19H16Cl4FN3O2/c20-11-7-15(22)18(16(23)8-11)25-17(28)10-26-3-5-27(6-4-26)19(29)13-2-1-12(24)9-14(13)21/h1-2,7-9H,3-6,10H2,(H,25,28). The molecule has 2 aromatic rings. The summed E-state index contributed by atoms with van der Waals surface area (Å²) in [6, 6.07) is 6.68. The fourth-order valence-corrected chi connectivity index (χ4v) is 4.15. The van der Waals surface area contributed by atoms with Gasteiger partial charge in [0.25, 0.3) is 5.91 Å². The van der Waals surface area contributed by atoms with Gasteiger partial charge in [-0.15, -0.1) is 0 Å². The van der Waals surface area contributed by atoms with Crippen molar-refractivity contribution in [3.05, 3.63) is 61.8 Å². The number of nitrogens with zero attached hydrogens (tertiary/aromatic N) is 2. The quantitative estimate of drug-likeness (QED) is 0.684. The molecule has 10 heteroatoms. The third-order valence-corrected chi connectivity index (χ3v) is 5.59. The Hall–Kier alpha value is -1.57. The maximum absolute atomic E-state index is 13.2. The van der Waals surface area contributed by atoms with Gasteiger partial charge in [-0.2, -0.15) is 0 Å². The van der Waals surface area contributed by atoms with Crippen molar-refractivity contribution in [2.75, 3.05) is 38.0 Å². The van der Waals surface area contributed by atoms with Crippen LogP contribution in [0.25, 0.3) is 0 Å². The van der Waals surface area contributed by atoms with Crippen molar-refractivity contribution in [2.45, 2.75) is 0 Å². The van der Waals surface area contributed by atoms with E-state index in [-0.39, 0.29) is 39.0 Å². The Morgan fingerprint density at radius 1 is 0.931 bits per heavy atom. The summed E-state index contributed by atoms with van der Waals surface area (Å²) in [6.07, 6.45) is 0. The molecule has 154 valence electrons. The van der Waals surface area contributed by atoms with Gasteiger partial charge in [0.1, 0.15) is 5.82 Å². The van der Waals surface area contributed by atoms with Crippen LogP contribution < -0.4 is 5.32 Å². The second-order valence-corrected chi connectivity index (χ2v) is 8.14. The van der Waals surface area contributed by atoms with Crippen molar-refractivity contribution < 1.29 is 14.0 Å². The van der Waals surface area contributed by atoms with Gasteiger partial charge < -0.3 is 10.2 Å². The third kappa shape index (κ3) is 5.53. The van der Waals surface area contributed by atoms with Crippen molar-refractivity contribution in [2.24, 2.45) is 0 Å². The van der Waals surface area contributed by atoms with Gasteiger partial charge in [-0.3, -0.25) is 14.5 Å². The Morgan fingerprint density at radius 3 is 2.14 bits per heavy atom. The lowest BCUT2D eigenvalue weighted by Gasteiger charge is -2.34. The van der Waals surface area contributed by atoms with Crippen LogP contribution in [-0.4, -0.2) is 54.3 Å². The topological polar surface area (TPSA) is 52.7 Å². The number of halogens is 5. The Morgan fingerprint density at radius 2 is 1.55 bits per heavy atom. The van der Waals surface area contributed by atoms with Crippen molar-refractivity contribution in [1.82, 2.24) is 9.80 Å². The van der Waals surface area contributed by atoms with Gasteiger partial charge in [-0.1, -0.05) is 46.4 Å². The van der Waals surface area contributed by atoms with Crippen LogP contribution in [-0.2, 0) is 4.79 Å². The minimum absolute atomic E-state index is 0.0773. The second-order valence-electron chi connectivity index (χ2n) is 6.49. The summed E-state index contributed by atoms with van der Waals surface area (Å²) in [5.74, 6) is -1.04. The molecule has 1 saturated heterocycles. The van der Waals surface area contributed by atoms with E-state index in [0.29, 0.717) is 36.9 Å². The first-order valence-corrected chi connectivity index (χ1v) is 10.2. The number of nitrogens with one attached hydrogen (secondary N) is 1. The van der Waals surface area contributed by atoms with Gasteiger partial charge in [0.2, 0.25) is 5.91 Å². The molecule has 5 nitrogen and oxygen atoms in total. The number of hydrogen-bond acceptors (Lipinski definition) is 3. The summed E-state index contributed by atoms with van der Waals surface area (Å²) in [6.45, 7) is 1.96. The molecule has 0 aromatic heterocycles. The van der Waals surface area contributed by atoms with E-state index in [4.69, 9.17) is 46.4 Å². The molecule has 29 heavy (non-hydrogen) atoms. The third-order valence-electron chi connectivity index (χ3n) is 4.46. The summed E-state index contributed by atoms with van der Waals surface area (Å²) >= 11 is 24.0. The number of hydrogen-bond donors (Lipinski definition) is 1. The van der Waals surface area contributed by atoms with Gasteiger partial charge in [-0.25, -0.2) is 4.39 Å². The summed E-state index contributed by atoms with van der Waals surface area (Å²) in [5.41, 5.74) is 0.564. The molecular formula is C19H16Cl4FN3O2. The number of rotatable bonds is 4. The Kier molecular flexibility index (Phi) is 7.24. The molecule has 1 fully saturated rings. The molecule has 3 rings (SSSR count). The van der Waals surface area contributed by atoms with E-state index in [1.807, 2.05) is 4.90 Å².